The van der Waals surface area contributed by atoms with Crippen LogP contribution in [0.5, 0.6) is 5.88 Å². The van der Waals surface area contributed by atoms with Crippen LogP contribution in [0.4, 0.5) is 0 Å². The molecule has 0 bridgehead atoms. The smallest absolute Gasteiger partial charge is 0.218 e. The number of ether oxygens (including phenoxy) is 1. The zero-order valence-electron chi connectivity index (χ0n) is 13.6. The third-order valence-corrected chi connectivity index (χ3v) is 4.51. The number of guanidine groups is 1. The van der Waals surface area contributed by atoms with Gasteiger partial charge in [0, 0.05) is 29.7 Å². The molecule has 0 fully saturated rings. The lowest BCUT2D eigenvalue weighted by Crippen LogP contribution is -2.39. The van der Waals surface area contributed by atoms with Crippen molar-refractivity contribution in [3.05, 3.63) is 45.2 Å². The maximum atomic E-state index is 10.2. The van der Waals surface area contributed by atoms with Crippen LogP contribution in [-0.4, -0.2) is 36.2 Å². The van der Waals surface area contributed by atoms with Gasteiger partial charge in [0.1, 0.15) is 6.10 Å². The number of hydrogen-bond acceptors (Lipinski definition) is 5. The van der Waals surface area contributed by atoms with E-state index in [9.17, 15) is 5.11 Å². The molecule has 130 valence electrons. The molecule has 2 aromatic rings. The number of pyridine rings is 1. The van der Waals surface area contributed by atoms with Gasteiger partial charge in [0.25, 0.3) is 0 Å². The predicted octanol–water partition coefficient (Wildman–Crippen LogP) is 2.59. The molecule has 0 saturated carbocycles. The molecule has 0 spiro atoms. The molecule has 0 aromatic carbocycles. The summed E-state index contributed by atoms with van der Waals surface area (Å²) in [7, 11) is 1.58. The van der Waals surface area contributed by atoms with Gasteiger partial charge in [-0.15, -0.1) is 11.3 Å². The predicted molar refractivity (Wildman–Crippen MR) is 97.9 cm³/mol. The van der Waals surface area contributed by atoms with E-state index in [2.05, 4.69) is 20.6 Å². The fraction of sp³-hybridized carbons (Fsp3) is 0.375. The highest BCUT2D eigenvalue weighted by molar-refractivity contribution is 7.16. The minimum absolute atomic E-state index is 0.340. The number of nitrogens with one attached hydrogen (secondary N) is 2. The van der Waals surface area contributed by atoms with Crippen molar-refractivity contribution in [1.29, 1.82) is 0 Å². The first-order chi connectivity index (χ1) is 11.6. The Bertz CT molecular complexity index is 678. The Labute approximate surface area is 150 Å². The molecular formula is C16H21ClN4O2S. The zero-order valence-corrected chi connectivity index (χ0v) is 15.2. The summed E-state index contributed by atoms with van der Waals surface area (Å²) in [6.45, 7) is 3.47. The van der Waals surface area contributed by atoms with Crippen LogP contribution >= 0.6 is 22.9 Å². The summed E-state index contributed by atoms with van der Waals surface area (Å²) in [6, 6.07) is 7.36. The van der Waals surface area contributed by atoms with Gasteiger partial charge in [-0.25, -0.2) is 9.98 Å². The second kappa shape index (κ2) is 9.46. The van der Waals surface area contributed by atoms with Crippen molar-refractivity contribution in [2.24, 2.45) is 4.99 Å². The topological polar surface area (TPSA) is 78.8 Å². The largest absolute Gasteiger partial charge is 0.481 e. The molecule has 3 N–H and O–H groups in total. The Morgan fingerprint density at radius 3 is 2.92 bits per heavy atom. The van der Waals surface area contributed by atoms with Gasteiger partial charge in [0.15, 0.2) is 5.96 Å². The maximum absolute atomic E-state index is 10.2. The minimum Gasteiger partial charge on any atom is -0.481 e. The van der Waals surface area contributed by atoms with E-state index >= 15 is 0 Å². The molecule has 0 amide bonds. The van der Waals surface area contributed by atoms with Crippen LogP contribution in [0.3, 0.4) is 0 Å². The number of rotatable bonds is 7. The number of thiophene rings is 1. The lowest BCUT2D eigenvalue weighted by Gasteiger charge is -2.14. The quantitative estimate of drug-likeness (QED) is 0.517. The van der Waals surface area contributed by atoms with Crippen molar-refractivity contribution in [1.82, 2.24) is 15.6 Å². The van der Waals surface area contributed by atoms with Gasteiger partial charge in [0.05, 0.1) is 18.0 Å². The van der Waals surface area contributed by atoms with Crippen LogP contribution in [0.25, 0.3) is 0 Å². The number of nitrogens with zero attached hydrogens (tertiary/aromatic N) is 2. The summed E-state index contributed by atoms with van der Waals surface area (Å²) in [5.74, 6) is 1.18. The fourth-order valence-electron chi connectivity index (χ4n) is 2.04. The summed E-state index contributed by atoms with van der Waals surface area (Å²) in [5, 5.41) is 16.5. The van der Waals surface area contributed by atoms with Crippen molar-refractivity contribution in [3.8, 4) is 5.88 Å². The van der Waals surface area contributed by atoms with Gasteiger partial charge >= 0.3 is 0 Å². The van der Waals surface area contributed by atoms with E-state index in [4.69, 9.17) is 16.3 Å². The Morgan fingerprint density at radius 1 is 1.42 bits per heavy atom. The van der Waals surface area contributed by atoms with Crippen LogP contribution in [-0.2, 0) is 6.54 Å². The number of aromatic nitrogens is 1. The van der Waals surface area contributed by atoms with Gasteiger partial charge in [0.2, 0.25) is 5.88 Å². The molecular weight excluding hydrogens is 348 g/mol. The highest BCUT2D eigenvalue weighted by atomic mass is 35.5. The molecule has 1 unspecified atom stereocenters. The second-order valence-corrected chi connectivity index (χ2v) is 6.65. The first-order valence-electron chi connectivity index (χ1n) is 7.57. The Kier molecular flexibility index (Phi) is 7.30. The molecule has 0 aliphatic carbocycles. The molecule has 2 aromatic heterocycles. The molecule has 8 heteroatoms. The fourth-order valence-corrected chi connectivity index (χ4v) is 3.08. The van der Waals surface area contributed by atoms with Crippen LogP contribution in [0.2, 0.25) is 4.34 Å². The van der Waals surface area contributed by atoms with Crippen molar-refractivity contribution in [2.75, 3.05) is 20.2 Å². The van der Waals surface area contributed by atoms with Gasteiger partial charge in [-0.2, -0.15) is 0 Å². The van der Waals surface area contributed by atoms with E-state index in [1.807, 2.05) is 25.1 Å². The number of halogens is 1. The van der Waals surface area contributed by atoms with Crippen LogP contribution in [0.1, 0.15) is 23.5 Å². The van der Waals surface area contributed by atoms with Gasteiger partial charge in [-0.1, -0.05) is 17.7 Å². The van der Waals surface area contributed by atoms with Crippen molar-refractivity contribution in [2.45, 2.75) is 19.6 Å². The summed E-state index contributed by atoms with van der Waals surface area (Å²) < 4.78 is 5.88. The molecule has 0 radical (unpaired) electrons. The van der Waals surface area contributed by atoms with Crippen molar-refractivity contribution in [3.63, 3.8) is 0 Å². The number of aliphatic hydroxyl groups excluding tert-OH is 1. The summed E-state index contributed by atoms with van der Waals surface area (Å²) in [4.78, 5) is 9.47. The zero-order chi connectivity index (χ0) is 17.4. The number of aliphatic hydroxyl groups is 1. The van der Waals surface area contributed by atoms with Crippen LogP contribution in [0.15, 0.2) is 35.5 Å². The third kappa shape index (κ3) is 5.36. The lowest BCUT2D eigenvalue weighted by molar-refractivity contribution is 0.184. The lowest BCUT2D eigenvalue weighted by atomic mass is 10.3. The number of aliphatic imine (C=N–C) groups is 1. The highest BCUT2D eigenvalue weighted by Gasteiger charge is 2.11. The molecule has 0 aliphatic heterocycles. The SMILES string of the molecule is CCNC(=NCc1cccnc1OC)NCC(O)c1ccc(Cl)s1. The standard InChI is InChI=1S/C16H21ClN4O2S/c1-3-18-16(20-9-11-5-4-8-19-15(11)23-2)21-10-12(22)13-6-7-14(17)24-13/h4-8,12,22H,3,9-10H2,1-2H3,(H2,18,20,21). The van der Waals surface area contributed by atoms with Crippen molar-refractivity contribution >= 4 is 28.9 Å². The monoisotopic (exact) mass is 368 g/mol. The van der Waals surface area contributed by atoms with E-state index in [-0.39, 0.29) is 0 Å². The van der Waals surface area contributed by atoms with Gasteiger partial charge in [-0.3, -0.25) is 0 Å². The van der Waals surface area contributed by atoms with E-state index in [1.165, 1.54) is 11.3 Å². The third-order valence-electron chi connectivity index (χ3n) is 3.18. The van der Waals surface area contributed by atoms with Crippen molar-refractivity contribution < 1.29 is 9.84 Å². The minimum atomic E-state index is -0.640. The molecule has 0 saturated heterocycles. The highest BCUT2D eigenvalue weighted by Crippen LogP contribution is 2.26. The van der Waals surface area contributed by atoms with E-state index in [0.29, 0.717) is 29.3 Å². The number of methoxy groups -OCH3 is 1. The molecule has 2 rings (SSSR count). The second-order valence-electron chi connectivity index (χ2n) is 4.91. The van der Waals surface area contributed by atoms with Gasteiger partial charge in [-0.05, 0) is 25.1 Å². The van der Waals surface area contributed by atoms with Crippen LogP contribution in [0, 0.1) is 0 Å². The molecule has 1 atom stereocenters. The molecule has 24 heavy (non-hydrogen) atoms. The summed E-state index contributed by atoms with van der Waals surface area (Å²) >= 11 is 7.26. The maximum Gasteiger partial charge on any atom is 0.218 e. The molecule has 2 heterocycles. The first-order valence-corrected chi connectivity index (χ1v) is 8.76. The first kappa shape index (κ1) is 18.5. The average Bonchev–Trinajstić information content (AvgIpc) is 3.04. The van der Waals surface area contributed by atoms with E-state index < -0.39 is 6.10 Å². The van der Waals surface area contributed by atoms with Crippen LogP contribution < -0.4 is 15.4 Å². The van der Waals surface area contributed by atoms with E-state index in [0.717, 1.165) is 17.0 Å². The Hall–Kier alpha value is -1.83. The van der Waals surface area contributed by atoms with Gasteiger partial charge < -0.3 is 20.5 Å². The average molecular weight is 369 g/mol. The number of hydrogen-bond donors (Lipinski definition) is 3. The normalized spacial score (nSPS) is 12.8. The Balaban J connectivity index is 1.97. The summed E-state index contributed by atoms with van der Waals surface area (Å²) in [6.07, 6.45) is 1.04. The van der Waals surface area contributed by atoms with E-state index in [1.54, 1.807) is 19.4 Å². The Morgan fingerprint density at radius 2 is 2.25 bits per heavy atom. The molecule has 6 nitrogen and oxygen atoms in total. The molecule has 0 aliphatic rings. The summed E-state index contributed by atoms with van der Waals surface area (Å²) in [5.41, 5.74) is 0.891.